The second-order valence-corrected chi connectivity index (χ2v) is 3.58. The van der Waals surface area contributed by atoms with Crippen molar-refractivity contribution in [3.63, 3.8) is 0 Å². The van der Waals surface area contributed by atoms with Crippen LogP contribution in [-0.4, -0.2) is 23.2 Å². The molecule has 0 unspecified atom stereocenters. The first-order valence-corrected chi connectivity index (χ1v) is 5.58. The third-order valence-electron chi connectivity index (χ3n) is 2.35. The molecule has 0 bridgehead atoms. The Balaban J connectivity index is 2.86. The van der Waals surface area contributed by atoms with Crippen LogP contribution in [-0.2, 0) is 11.3 Å². The lowest BCUT2D eigenvalue weighted by Crippen LogP contribution is -2.31. The summed E-state index contributed by atoms with van der Waals surface area (Å²) in [6.45, 7) is 2.91. The molecule has 0 aromatic heterocycles. The molecule has 0 saturated heterocycles. The van der Waals surface area contributed by atoms with Gasteiger partial charge in [-0.25, -0.2) is 0 Å². The van der Waals surface area contributed by atoms with Crippen LogP contribution in [0.3, 0.4) is 0 Å². The van der Waals surface area contributed by atoms with Gasteiger partial charge in [-0.05, 0) is 18.6 Å². The van der Waals surface area contributed by atoms with E-state index in [0.29, 0.717) is 18.7 Å². The van der Waals surface area contributed by atoms with Gasteiger partial charge in [0.15, 0.2) is 0 Å². The molecule has 0 radical (unpaired) electrons. The Morgan fingerprint density at radius 1 is 1.50 bits per heavy atom. The van der Waals surface area contributed by atoms with Gasteiger partial charge in [-0.1, -0.05) is 18.2 Å². The number of carbonyl (C=O) groups excluding carboxylic acids is 1. The fourth-order valence-corrected chi connectivity index (χ4v) is 1.60. The van der Waals surface area contributed by atoms with Crippen LogP contribution in [0.5, 0.6) is 0 Å². The highest BCUT2D eigenvalue weighted by Crippen LogP contribution is 2.11. The number of rotatable bonds is 4. The maximum atomic E-state index is 11.5. The smallest absolute Gasteiger partial charge is 0.237 e. The molecule has 0 N–H and O–H groups in total. The predicted molar refractivity (Wildman–Crippen MR) is 63.0 cm³/mol. The van der Waals surface area contributed by atoms with E-state index in [-0.39, 0.29) is 11.8 Å². The Bertz CT molecular complexity index is 412. The second kappa shape index (κ2) is 6.14. The fourth-order valence-electron chi connectivity index (χ4n) is 1.43. The van der Waals surface area contributed by atoms with E-state index in [1.807, 2.05) is 25.1 Å². The molecule has 0 fully saturated rings. The van der Waals surface area contributed by atoms with Gasteiger partial charge in [-0.15, -0.1) is 11.6 Å². The van der Waals surface area contributed by atoms with Crippen molar-refractivity contribution in [3.05, 3.63) is 35.4 Å². The van der Waals surface area contributed by atoms with Crippen molar-refractivity contribution in [1.82, 2.24) is 4.90 Å². The second-order valence-electron chi connectivity index (χ2n) is 3.31. The Morgan fingerprint density at radius 3 is 2.75 bits per heavy atom. The molecule has 0 atom stereocenters. The number of halogens is 1. The molecule has 0 spiro atoms. The van der Waals surface area contributed by atoms with Crippen LogP contribution in [0.2, 0.25) is 0 Å². The van der Waals surface area contributed by atoms with Gasteiger partial charge < -0.3 is 4.90 Å². The number of benzene rings is 1. The maximum absolute atomic E-state index is 11.5. The summed E-state index contributed by atoms with van der Waals surface area (Å²) in [7, 11) is 0. The maximum Gasteiger partial charge on any atom is 0.237 e. The fraction of sp³-hybridized carbons (Fsp3) is 0.333. The summed E-state index contributed by atoms with van der Waals surface area (Å²) in [4.78, 5) is 13.1. The Hall–Kier alpha value is -1.53. The Labute approximate surface area is 100 Å². The molecule has 3 nitrogen and oxygen atoms in total. The number of nitrogens with zero attached hydrogens (tertiary/aromatic N) is 2. The topological polar surface area (TPSA) is 44.1 Å². The monoisotopic (exact) mass is 236 g/mol. The largest absolute Gasteiger partial charge is 0.338 e. The van der Waals surface area contributed by atoms with E-state index in [1.54, 1.807) is 11.0 Å². The normalized spacial score (nSPS) is 9.56. The summed E-state index contributed by atoms with van der Waals surface area (Å²) in [6, 6.07) is 9.37. The number of alkyl halides is 1. The third-order valence-corrected chi connectivity index (χ3v) is 2.58. The highest BCUT2D eigenvalue weighted by molar-refractivity contribution is 6.27. The molecule has 1 aromatic rings. The molecule has 16 heavy (non-hydrogen) atoms. The van der Waals surface area contributed by atoms with Gasteiger partial charge in [0.2, 0.25) is 5.91 Å². The predicted octanol–water partition coefficient (Wildman–Crippen LogP) is 2.15. The number of amides is 1. The summed E-state index contributed by atoms with van der Waals surface area (Å²) >= 11 is 5.51. The molecular weight excluding hydrogens is 224 g/mol. The molecule has 1 rings (SSSR count). The zero-order valence-electron chi connectivity index (χ0n) is 9.11. The van der Waals surface area contributed by atoms with E-state index in [2.05, 4.69) is 6.07 Å². The van der Waals surface area contributed by atoms with Crippen LogP contribution in [0, 0.1) is 11.3 Å². The lowest BCUT2D eigenvalue weighted by atomic mass is 10.1. The average Bonchev–Trinajstić information content (AvgIpc) is 2.35. The molecule has 1 aromatic carbocycles. The average molecular weight is 237 g/mol. The molecule has 0 aliphatic rings. The first-order chi connectivity index (χ1) is 7.72. The summed E-state index contributed by atoms with van der Waals surface area (Å²) in [5.41, 5.74) is 1.45. The van der Waals surface area contributed by atoms with Gasteiger partial charge in [-0.2, -0.15) is 5.26 Å². The Kier molecular flexibility index (Phi) is 4.81. The number of hydrogen-bond donors (Lipinski definition) is 0. The van der Waals surface area contributed by atoms with E-state index in [1.165, 1.54) is 0 Å². The molecule has 0 aliphatic carbocycles. The van der Waals surface area contributed by atoms with Crippen LogP contribution in [0.15, 0.2) is 24.3 Å². The van der Waals surface area contributed by atoms with Crippen molar-refractivity contribution >= 4 is 17.5 Å². The van der Waals surface area contributed by atoms with E-state index >= 15 is 0 Å². The molecule has 0 saturated carbocycles. The van der Waals surface area contributed by atoms with Gasteiger partial charge in [-0.3, -0.25) is 4.79 Å². The molecule has 0 heterocycles. The molecule has 0 aliphatic heterocycles. The molecule has 4 heteroatoms. The minimum atomic E-state index is -0.114. The van der Waals surface area contributed by atoms with Crippen molar-refractivity contribution in [2.45, 2.75) is 13.5 Å². The lowest BCUT2D eigenvalue weighted by molar-refractivity contribution is -0.128. The van der Waals surface area contributed by atoms with Crippen LogP contribution >= 0.6 is 11.6 Å². The van der Waals surface area contributed by atoms with E-state index in [9.17, 15) is 4.79 Å². The minimum absolute atomic E-state index is 0.0252. The van der Waals surface area contributed by atoms with Crippen LogP contribution in [0.4, 0.5) is 0 Å². The minimum Gasteiger partial charge on any atom is -0.338 e. The van der Waals surface area contributed by atoms with Crippen molar-refractivity contribution in [3.8, 4) is 6.07 Å². The van der Waals surface area contributed by atoms with Crippen LogP contribution < -0.4 is 0 Å². The number of nitriles is 1. The van der Waals surface area contributed by atoms with Crippen molar-refractivity contribution in [2.24, 2.45) is 0 Å². The standard InChI is InChI=1S/C12H13ClN2O/c1-2-15(12(16)7-13)9-11-6-4-3-5-10(11)8-14/h3-6H,2,7,9H2,1H3. The number of hydrogen-bond acceptors (Lipinski definition) is 2. The first-order valence-electron chi connectivity index (χ1n) is 5.04. The summed E-state index contributed by atoms with van der Waals surface area (Å²) in [5, 5.41) is 8.92. The quantitative estimate of drug-likeness (QED) is 0.752. The summed E-state index contributed by atoms with van der Waals surface area (Å²) in [5.74, 6) is -0.139. The number of carbonyl (C=O) groups is 1. The van der Waals surface area contributed by atoms with Gasteiger partial charge >= 0.3 is 0 Å². The summed E-state index contributed by atoms with van der Waals surface area (Å²) in [6.07, 6.45) is 0. The zero-order valence-corrected chi connectivity index (χ0v) is 9.87. The highest BCUT2D eigenvalue weighted by atomic mass is 35.5. The lowest BCUT2D eigenvalue weighted by Gasteiger charge is -2.20. The zero-order chi connectivity index (χ0) is 12.0. The first kappa shape index (κ1) is 12.5. The third kappa shape index (κ3) is 2.98. The van der Waals surface area contributed by atoms with E-state index < -0.39 is 0 Å². The van der Waals surface area contributed by atoms with Crippen LogP contribution in [0.1, 0.15) is 18.1 Å². The van der Waals surface area contributed by atoms with Crippen molar-refractivity contribution < 1.29 is 4.79 Å². The van der Waals surface area contributed by atoms with Crippen molar-refractivity contribution in [1.29, 1.82) is 5.26 Å². The van der Waals surface area contributed by atoms with Gasteiger partial charge in [0, 0.05) is 13.1 Å². The Morgan fingerprint density at radius 2 is 2.19 bits per heavy atom. The van der Waals surface area contributed by atoms with Gasteiger partial charge in [0.25, 0.3) is 0 Å². The molecule has 1 amide bonds. The SMILES string of the molecule is CCN(Cc1ccccc1C#N)C(=O)CCl. The van der Waals surface area contributed by atoms with E-state index in [4.69, 9.17) is 16.9 Å². The highest BCUT2D eigenvalue weighted by Gasteiger charge is 2.12. The van der Waals surface area contributed by atoms with Crippen molar-refractivity contribution in [2.75, 3.05) is 12.4 Å². The van der Waals surface area contributed by atoms with Crippen LogP contribution in [0.25, 0.3) is 0 Å². The summed E-state index contributed by atoms with van der Waals surface area (Å²) < 4.78 is 0. The van der Waals surface area contributed by atoms with Gasteiger partial charge in [0.1, 0.15) is 5.88 Å². The van der Waals surface area contributed by atoms with E-state index in [0.717, 1.165) is 5.56 Å². The molecule has 84 valence electrons. The molecular formula is C12H13ClN2O. The van der Waals surface area contributed by atoms with Gasteiger partial charge in [0.05, 0.1) is 11.6 Å².